The summed E-state index contributed by atoms with van der Waals surface area (Å²) in [6, 6.07) is 33.5. The second-order valence-electron chi connectivity index (χ2n) is 17.3. The van der Waals surface area contributed by atoms with Gasteiger partial charge in [-0.15, -0.1) is 0 Å². The van der Waals surface area contributed by atoms with Crippen LogP contribution in [0, 0.1) is 0 Å². The number of nitrogens with zero attached hydrogens (tertiary/aromatic N) is 2. The van der Waals surface area contributed by atoms with Crippen molar-refractivity contribution in [3.63, 3.8) is 0 Å². The molecule has 0 aliphatic rings. The van der Waals surface area contributed by atoms with Gasteiger partial charge in [0.25, 0.3) is 0 Å². The van der Waals surface area contributed by atoms with Crippen molar-refractivity contribution in [2.75, 3.05) is 0 Å². The van der Waals surface area contributed by atoms with Gasteiger partial charge >= 0.3 is 0 Å². The molecule has 0 bridgehead atoms. The predicted octanol–water partition coefficient (Wildman–Crippen LogP) is 13.5. The average molecular weight is 793 g/mol. The molecule has 0 fully saturated rings. The van der Waals surface area contributed by atoms with E-state index in [9.17, 15) is 10.2 Å². The number of hydrogen-bond donors (Lipinski definition) is 2. The van der Waals surface area contributed by atoms with E-state index in [0.717, 1.165) is 70.0 Å². The zero-order valence-corrected chi connectivity index (χ0v) is 38.2. The first-order chi connectivity index (χ1) is 26.5. The van der Waals surface area contributed by atoms with Gasteiger partial charge in [0.05, 0.1) is 0 Å². The standard InChI is InChI=1S/C48H68N2O4Si2/c1-13-55(14-2,15-3)53-39-29-37(45(51)41(31-39)47(7,8)9)33-49-43(35-25-21-19-22-26-35)44(36-27-23-20-24-28-36)50-34-38-30-40(54-56(16-4,17-5)18-6)32-42(46(38)52)48(10,11)12/h19-34,43-44,51-52H,13-18H2,1-12H3. The quantitative estimate of drug-likeness (QED) is 0.0824. The number of phenolic OH excluding ortho intramolecular Hbond substituents is 2. The average Bonchev–Trinajstić information content (AvgIpc) is 3.19. The molecule has 56 heavy (non-hydrogen) atoms. The molecule has 0 saturated heterocycles. The van der Waals surface area contributed by atoms with Crippen molar-refractivity contribution < 1.29 is 19.1 Å². The first-order valence-corrected chi connectivity index (χ1v) is 25.8. The van der Waals surface area contributed by atoms with Crippen LogP contribution in [0.3, 0.4) is 0 Å². The van der Waals surface area contributed by atoms with E-state index in [1.54, 1.807) is 12.4 Å². The number of aliphatic imine (C=N–C) groups is 2. The van der Waals surface area contributed by atoms with E-state index >= 15 is 0 Å². The number of rotatable bonds is 17. The second kappa shape index (κ2) is 18.9. The van der Waals surface area contributed by atoms with Gasteiger partial charge in [-0.05, 0) is 82.5 Å². The third-order valence-electron chi connectivity index (χ3n) is 11.7. The molecule has 2 atom stereocenters. The van der Waals surface area contributed by atoms with E-state index in [-0.39, 0.29) is 22.3 Å². The Morgan fingerprint density at radius 3 is 1.09 bits per heavy atom. The summed E-state index contributed by atoms with van der Waals surface area (Å²) in [6.07, 6.45) is 3.59. The monoisotopic (exact) mass is 792 g/mol. The Balaban J connectivity index is 1.93. The fourth-order valence-electron chi connectivity index (χ4n) is 7.47. The lowest BCUT2D eigenvalue weighted by atomic mass is 9.85. The molecule has 4 aromatic carbocycles. The van der Waals surface area contributed by atoms with Gasteiger partial charge < -0.3 is 19.1 Å². The van der Waals surface area contributed by atoms with E-state index in [1.165, 1.54) is 0 Å². The van der Waals surface area contributed by atoms with E-state index in [1.807, 2.05) is 60.7 Å². The minimum absolute atomic E-state index is 0.208. The van der Waals surface area contributed by atoms with Crippen LogP contribution in [-0.2, 0) is 10.8 Å². The summed E-state index contributed by atoms with van der Waals surface area (Å²) >= 11 is 0. The van der Waals surface area contributed by atoms with Crippen LogP contribution < -0.4 is 8.85 Å². The van der Waals surface area contributed by atoms with Crippen LogP contribution in [0.2, 0.25) is 36.3 Å². The largest absolute Gasteiger partial charge is 0.543 e. The van der Waals surface area contributed by atoms with Gasteiger partial charge in [-0.3, -0.25) is 9.98 Å². The highest BCUT2D eigenvalue weighted by Crippen LogP contribution is 2.42. The summed E-state index contributed by atoms with van der Waals surface area (Å²) in [4.78, 5) is 10.6. The van der Waals surface area contributed by atoms with Crippen LogP contribution in [0.15, 0.2) is 94.9 Å². The number of phenols is 2. The maximum Gasteiger partial charge on any atom is 0.250 e. The lowest BCUT2D eigenvalue weighted by molar-refractivity contribution is 0.441. The molecule has 6 nitrogen and oxygen atoms in total. The first kappa shape index (κ1) is 44.6. The van der Waals surface area contributed by atoms with Crippen LogP contribution in [0.1, 0.15) is 129 Å². The lowest BCUT2D eigenvalue weighted by Gasteiger charge is -2.31. The Bertz CT molecular complexity index is 1770. The van der Waals surface area contributed by atoms with Crippen molar-refractivity contribution in [3.05, 3.63) is 118 Å². The van der Waals surface area contributed by atoms with Gasteiger partial charge in [0.15, 0.2) is 0 Å². The van der Waals surface area contributed by atoms with Crippen LogP contribution in [0.25, 0.3) is 0 Å². The molecule has 0 aliphatic heterocycles. The fraction of sp³-hybridized carbons (Fsp3) is 0.458. The summed E-state index contributed by atoms with van der Waals surface area (Å²) in [6.45, 7) is 26.0. The summed E-state index contributed by atoms with van der Waals surface area (Å²) in [7, 11) is -4.00. The van der Waals surface area contributed by atoms with Crippen molar-refractivity contribution in [1.29, 1.82) is 0 Å². The molecule has 0 spiro atoms. The summed E-state index contributed by atoms with van der Waals surface area (Å²) in [5.74, 6) is 1.99. The van der Waals surface area contributed by atoms with Crippen molar-refractivity contribution >= 4 is 29.1 Å². The third kappa shape index (κ3) is 10.6. The molecule has 0 aliphatic carbocycles. The molecular formula is C48H68N2O4Si2. The van der Waals surface area contributed by atoms with E-state index in [4.69, 9.17) is 18.8 Å². The van der Waals surface area contributed by atoms with Crippen LogP contribution in [-0.4, -0.2) is 39.3 Å². The highest BCUT2D eigenvalue weighted by molar-refractivity contribution is 6.74. The Morgan fingerprint density at radius 2 is 0.821 bits per heavy atom. The molecular weight excluding hydrogens is 725 g/mol. The molecule has 0 amide bonds. The van der Waals surface area contributed by atoms with E-state index in [2.05, 4.69) is 107 Å². The zero-order chi connectivity index (χ0) is 41.3. The number of hydrogen-bond acceptors (Lipinski definition) is 6. The van der Waals surface area contributed by atoms with Crippen molar-refractivity contribution in [1.82, 2.24) is 0 Å². The van der Waals surface area contributed by atoms with Gasteiger partial charge in [0.1, 0.15) is 35.1 Å². The predicted molar refractivity (Wildman–Crippen MR) is 243 cm³/mol. The molecule has 0 aromatic heterocycles. The Hall–Kier alpha value is -4.15. The Kier molecular flexibility index (Phi) is 15.0. The molecule has 4 rings (SSSR count). The normalized spacial score (nSPS) is 14.0. The summed E-state index contributed by atoms with van der Waals surface area (Å²) < 4.78 is 13.8. The molecule has 2 N–H and O–H groups in total. The summed E-state index contributed by atoms with van der Waals surface area (Å²) in [5, 5.41) is 23.6. The first-order valence-electron chi connectivity index (χ1n) is 20.8. The molecule has 2 unspecified atom stereocenters. The summed E-state index contributed by atoms with van der Waals surface area (Å²) in [5.41, 5.74) is 4.19. The highest BCUT2D eigenvalue weighted by Gasteiger charge is 2.34. The minimum atomic E-state index is -2.00. The smallest absolute Gasteiger partial charge is 0.250 e. The zero-order valence-electron chi connectivity index (χ0n) is 36.2. The van der Waals surface area contributed by atoms with Gasteiger partial charge in [0.2, 0.25) is 16.6 Å². The Labute approximate surface area is 340 Å². The molecule has 8 heteroatoms. The van der Waals surface area contributed by atoms with Gasteiger partial charge in [0, 0.05) is 34.7 Å². The Morgan fingerprint density at radius 1 is 0.518 bits per heavy atom. The molecule has 302 valence electrons. The third-order valence-corrected chi connectivity index (χ3v) is 20.8. The van der Waals surface area contributed by atoms with Crippen LogP contribution in [0.5, 0.6) is 23.0 Å². The van der Waals surface area contributed by atoms with E-state index in [0.29, 0.717) is 11.1 Å². The number of aromatic hydroxyl groups is 2. The van der Waals surface area contributed by atoms with Crippen molar-refractivity contribution in [3.8, 4) is 23.0 Å². The van der Waals surface area contributed by atoms with Crippen molar-refractivity contribution in [2.24, 2.45) is 9.98 Å². The second-order valence-corrected chi connectivity index (χ2v) is 26.7. The molecule has 0 saturated carbocycles. The highest BCUT2D eigenvalue weighted by atomic mass is 28.4. The minimum Gasteiger partial charge on any atom is -0.543 e. The van der Waals surface area contributed by atoms with Crippen LogP contribution in [0.4, 0.5) is 0 Å². The molecule has 0 radical (unpaired) electrons. The van der Waals surface area contributed by atoms with Gasteiger partial charge in [-0.2, -0.15) is 0 Å². The molecule has 4 aromatic rings. The molecule has 0 heterocycles. The van der Waals surface area contributed by atoms with E-state index < -0.39 is 28.7 Å². The topological polar surface area (TPSA) is 83.6 Å². The van der Waals surface area contributed by atoms with Crippen LogP contribution >= 0.6 is 0 Å². The van der Waals surface area contributed by atoms with Gasteiger partial charge in [-0.1, -0.05) is 144 Å². The lowest BCUT2D eigenvalue weighted by Crippen LogP contribution is -2.39. The number of benzene rings is 4. The maximum atomic E-state index is 11.8. The fourth-order valence-corrected chi connectivity index (χ4v) is 12.6. The maximum absolute atomic E-state index is 11.8. The SMILES string of the molecule is CC[Si](CC)(CC)Oc1cc(C=NC(c2ccccc2)C(N=Cc2cc(O[Si](CC)(CC)CC)cc(C(C)(C)C)c2O)c2ccccc2)c(O)c(C(C)(C)C)c1. The van der Waals surface area contributed by atoms with Crippen molar-refractivity contribution in [2.45, 2.75) is 142 Å². The van der Waals surface area contributed by atoms with Gasteiger partial charge in [-0.25, -0.2) is 0 Å².